The van der Waals surface area contributed by atoms with Crippen molar-refractivity contribution in [2.75, 3.05) is 0 Å². The van der Waals surface area contributed by atoms with Crippen LogP contribution < -0.4 is 15.4 Å². The van der Waals surface area contributed by atoms with E-state index in [-0.39, 0.29) is 23.9 Å². The van der Waals surface area contributed by atoms with Crippen LogP contribution in [-0.2, 0) is 6.42 Å². The van der Waals surface area contributed by atoms with Crippen molar-refractivity contribution in [3.63, 3.8) is 0 Å². The second kappa shape index (κ2) is 8.20. The third-order valence-electron chi connectivity index (χ3n) is 5.16. The van der Waals surface area contributed by atoms with Crippen LogP contribution in [0, 0.1) is 0 Å². The van der Waals surface area contributed by atoms with Crippen molar-refractivity contribution < 1.29 is 14.3 Å². The molecule has 0 saturated heterocycles. The molecule has 0 radical (unpaired) electrons. The van der Waals surface area contributed by atoms with E-state index in [9.17, 15) is 9.59 Å². The van der Waals surface area contributed by atoms with Crippen molar-refractivity contribution in [3.05, 3.63) is 73.2 Å². The van der Waals surface area contributed by atoms with Crippen LogP contribution in [0.25, 0.3) is 10.2 Å². The van der Waals surface area contributed by atoms with E-state index in [2.05, 4.69) is 15.6 Å². The summed E-state index contributed by atoms with van der Waals surface area (Å²) in [4.78, 5) is 28.2. The number of H-pyrrole nitrogens is 1. The number of aromatic nitrogens is 1. The lowest BCUT2D eigenvalue weighted by Gasteiger charge is -2.22. The van der Waals surface area contributed by atoms with Gasteiger partial charge in [-0.25, -0.2) is 4.79 Å². The van der Waals surface area contributed by atoms with E-state index in [1.54, 1.807) is 17.5 Å². The fraction of sp³-hybridized carbons (Fsp3) is 0.143. The number of thiophene rings is 2. The van der Waals surface area contributed by atoms with Crippen molar-refractivity contribution in [1.82, 2.24) is 15.6 Å². The Kier molecular flexibility index (Phi) is 5.39. The van der Waals surface area contributed by atoms with E-state index in [0.717, 1.165) is 15.8 Å². The lowest BCUT2D eigenvalue weighted by Crippen LogP contribution is -2.45. The van der Waals surface area contributed by atoms with Crippen molar-refractivity contribution in [2.24, 2.45) is 0 Å². The van der Waals surface area contributed by atoms with Crippen LogP contribution in [-0.4, -0.2) is 23.0 Å². The fourth-order valence-electron chi connectivity index (χ4n) is 3.76. The molecule has 0 aliphatic heterocycles. The van der Waals surface area contributed by atoms with Gasteiger partial charge in [0.2, 0.25) is 5.88 Å². The summed E-state index contributed by atoms with van der Waals surface area (Å²) >= 11 is 14.9. The quantitative estimate of drug-likeness (QED) is 0.338. The first kappa shape index (κ1) is 20.4. The zero-order valence-corrected chi connectivity index (χ0v) is 18.9. The van der Waals surface area contributed by atoms with E-state index in [0.29, 0.717) is 26.9 Å². The van der Waals surface area contributed by atoms with Gasteiger partial charge in [-0.05, 0) is 29.0 Å². The molecule has 1 aliphatic carbocycles. The molecule has 0 fully saturated rings. The topological polar surface area (TPSA) is 83.2 Å². The Bertz CT molecular complexity index is 1280. The van der Waals surface area contributed by atoms with Gasteiger partial charge in [-0.3, -0.25) is 4.79 Å². The number of ether oxygens (including phenoxy) is 1. The molecule has 31 heavy (non-hydrogen) atoms. The van der Waals surface area contributed by atoms with Crippen molar-refractivity contribution in [3.8, 4) is 5.88 Å². The summed E-state index contributed by atoms with van der Waals surface area (Å²) in [6, 6.07) is 10.6. The summed E-state index contributed by atoms with van der Waals surface area (Å²) in [5, 5.41) is 9.98. The van der Waals surface area contributed by atoms with Gasteiger partial charge >= 0.3 is 6.09 Å². The molecule has 0 bridgehead atoms. The van der Waals surface area contributed by atoms with Crippen LogP contribution in [0.1, 0.15) is 27.5 Å². The highest BCUT2D eigenvalue weighted by molar-refractivity contribution is 7.23. The minimum Gasteiger partial charge on any atom is -0.393 e. The SMILES string of the molecule is O=C(N[C@H]1Cc2ccccc2[C@@H]1NC(=O)c1ccsc1)Oc1cc2sc(Cl)c(Cl)c2[nH]1. The maximum atomic E-state index is 12.6. The molecule has 5 rings (SSSR count). The van der Waals surface area contributed by atoms with Gasteiger partial charge in [0.15, 0.2) is 0 Å². The first-order chi connectivity index (χ1) is 15.0. The number of amides is 2. The second-order valence-electron chi connectivity index (χ2n) is 7.07. The van der Waals surface area contributed by atoms with Crippen LogP contribution in [0.4, 0.5) is 4.79 Å². The number of aromatic amines is 1. The van der Waals surface area contributed by atoms with E-state index in [1.807, 2.05) is 29.6 Å². The second-order valence-corrected chi connectivity index (χ2v) is 9.88. The summed E-state index contributed by atoms with van der Waals surface area (Å²) in [6.07, 6.45) is -0.0371. The molecule has 2 atom stereocenters. The van der Waals surface area contributed by atoms with Crippen LogP contribution in [0.3, 0.4) is 0 Å². The number of carbonyl (C=O) groups excluding carboxylic acids is 2. The normalized spacial score (nSPS) is 17.5. The molecule has 0 unspecified atom stereocenters. The molecule has 6 nitrogen and oxygen atoms in total. The number of fused-ring (bicyclic) bond motifs is 2. The molecule has 1 aliphatic rings. The van der Waals surface area contributed by atoms with Crippen LogP contribution in [0.2, 0.25) is 9.36 Å². The Morgan fingerprint density at radius 1 is 1.16 bits per heavy atom. The van der Waals surface area contributed by atoms with Gasteiger partial charge in [0.1, 0.15) is 4.34 Å². The Balaban J connectivity index is 1.32. The van der Waals surface area contributed by atoms with Crippen molar-refractivity contribution in [1.29, 1.82) is 0 Å². The zero-order chi connectivity index (χ0) is 21.5. The van der Waals surface area contributed by atoms with Gasteiger partial charge in [0, 0.05) is 11.4 Å². The Morgan fingerprint density at radius 2 is 2.00 bits per heavy atom. The molecular weight excluding hydrogens is 477 g/mol. The molecule has 10 heteroatoms. The van der Waals surface area contributed by atoms with E-state index in [4.69, 9.17) is 27.9 Å². The summed E-state index contributed by atoms with van der Waals surface area (Å²) in [7, 11) is 0. The Labute approximate surface area is 195 Å². The largest absolute Gasteiger partial charge is 0.414 e. The smallest absolute Gasteiger partial charge is 0.393 e. The third kappa shape index (κ3) is 3.92. The zero-order valence-electron chi connectivity index (χ0n) is 15.8. The minimum absolute atomic E-state index is 0.181. The van der Waals surface area contributed by atoms with Crippen molar-refractivity contribution >= 4 is 68.1 Å². The predicted octanol–water partition coefficient (Wildman–Crippen LogP) is 5.78. The van der Waals surface area contributed by atoms with E-state index < -0.39 is 6.09 Å². The predicted molar refractivity (Wildman–Crippen MR) is 124 cm³/mol. The van der Waals surface area contributed by atoms with Crippen LogP contribution in [0.15, 0.2) is 47.2 Å². The molecule has 0 spiro atoms. The molecule has 4 aromatic rings. The van der Waals surface area contributed by atoms with Gasteiger partial charge in [-0.1, -0.05) is 47.5 Å². The van der Waals surface area contributed by atoms with Gasteiger partial charge in [0.25, 0.3) is 5.91 Å². The monoisotopic (exact) mass is 491 g/mol. The highest BCUT2D eigenvalue weighted by Gasteiger charge is 2.35. The minimum atomic E-state index is -0.622. The summed E-state index contributed by atoms with van der Waals surface area (Å²) < 4.78 is 6.70. The molecule has 2 amide bonds. The van der Waals surface area contributed by atoms with Gasteiger partial charge in [-0.2, -0.15) is 11.3 Å². The molecule has 158 valence electrons. The fourth-order valence-corrected chi connectivity index (χ4v) is 5.86. The average molecular weight is 492 g/mol. The number of nitrogens with one attached hydrogen (secondary N) is 3. The van der Waals surface area contributed by atoms with E-state index >= 15 is 0 Å². The maximum absolute atomic E-state index is 12.6. The van der Waals surface area contributed by atoms with Gasteiger partial charge < -0.3 is 20.4 Å². The summed E-state index contributed by atoms with van der Waals surface area (Å²) in [6.45, 7) is 0. The highest BCUT2D eigenvalue weighted by Crippen LogP contribution is 2.40. The molecule has 1 aromatic carbocycles. The number of carbonyl (C=O) groups is 2. The van der Waals surface area contributed by atoms with E-state index in [1.165, 1.54) is 22.7 Å². The molecule has 0 saturated carbocycles. The lowest BCUT2D eigenvalue weighted by molar-refractivity contribution is 0.0928. The average Bonchev–Trinajstić information content (AvgIpc) is 3.51. The third-order valence-corrected chi connectivity index (χ3v) is 7.77. The van der Waals surface area contributed by atoms with Crippen LogP contribution in [0.5, 0.6) is 5.88 Å². The first-order valence-corrected chi connectivity index (χ1v) is 11.9. The highest BCUT2D eigenvalue weighted by atomic mass is 35.5. The van der Waals surface area contributed by atoms with Crippen molar-refractivity contribution in [2.45, 2.75) is 18.5 Å². The summed E-state index contributed by atoms with van der Waals surface area (Å²) in [5.74, 6) is 0.0888. The number of benzene rings is 1. The number of hydrogen-bond acceptors (Lipinski definition) is 5. The van der Waals surface area contributed by atoms with Crippen LogP contribution >= 0.6 is 45.9 Å². The Hall–Kier alpha value is -2.52. The molecule has 3 heterocycles. The molecule has 3 aromatic heterocycles. The number of hydrogen-bond donors (Lipinski definition) is 3. The number of halogens is 2. The Morgan fingerprint density at radius 3 is 2.77 bits per heavy atom. The molecule has 3 N–H and O–H groups in total. The standard InChI is InChI=1S/C21H15Cl2N3O3S2/c22-16-18-14(31-19(16)23)8-15(25-18)29-21(28)24-13-7-10-3-1-2-4-12(10)17(13)26-20(27)11-5-6-30-9-11/h1-6,8-9,13,17,25H,7H2,(H,24,28)(H,26,27)/t13-,17-/m0/s1. The van der Waals surface area contributed by atoms with Gasteiger partial charge in [-0.15, -0.1) is 11.3 Å². The molecular formula is C21H15Cl2N3O3S2. The first-order valence-electron chi connectivity index (χ1n) is 9.35. The number of rotatable bonds is 4. The lowest BCUT2D eigenvalue weighted by atomic mass is 10.1. The summed E-state index contributed by atoms with van der Waals surface area (Å²) in [5.41, 5.74) is 3.29. The maximum Gasteiger partial charge on any atom is 0.414 e. The van der Waals surface area contributed by atoms with Gasteiger partial charge in [0.05, 0.1) is 32.9 Å².